The fourth-order valence-electron chi connectivity index (χ4n) is 1.73. The van der Waals surface area contributed by atoms with Crippen LogP contribution >= 0.6 is 11.6 Å². The number of benzene rings is 1. The predicted molar refractivity (Wildman–Crippen MR) is 82.7 cm³/mol. The van der Waals surface area contributed by atoms with Crippen LogP contribution in [0.3, 0.4) is 0 Å². The fraction of sp³-hybridized carbons (Fsp3) is 0.571. The molecular formula is C14H22ClNO4S. The van der Waals surface area contributed by atoms with E-state index < -0.39 is 34.2 Å². The lowest BCUT2D eigenvalue weighted by molar-refractivity contribution is 0.0420. The summed E-state index contributed by atoms with van der Waals surface area (Å²) in [6.07, 6.45) is -0.632. The fourth-order valence-corrected chi connectivity index (χ4v) is 3.49. The van der Waals surface area contributed by atoms with Crippen LogP contribution in [0.2, 0.25) is 5.02 Å². The molecule has 0 spiro atoms. The maximum atomic E-state index is 12.3. The van der Waals surface area contributed by atoms with Crippen LogP contribution in [0, 0.1) is 5.41 Å². The van der Waals surface area contributed by atoms with Crippen LogP contribution < -0.4 is 4.72 Å². The molecule has 0 heterocycles. The highest BCUT2D eigenvalue weighted by molar-refractivity contribution is 7.89. The van der Waals surface area contributed by atoms with E-state index >= 15 is 0 Å². The molecule has 5 nitrogen and oxygen atoms in total. The molecule has 0 unspecified atom stereocenters. The van der Waals surface area contributed by atoms with E-state index in [1.807, 2.05) is 20.8 Å². The summed E-state index contributed by atoms with van der Waals surface area (Å²) in [5, 5.41) is 19.5. The van der Waals surface area contributed by atoms with Gasteiger partial charge in [0.15, 0.2) is 0 Å². The molecule has 0 aliphatic carbocycles. The zero-order valence-electron chi connectivity index (χ0n) is 12.4. The van der Waals surface area contributed by atoms with Crippen molar-refractivity contribution in [2.24, 2.45) is 5.41 Å². The summed E-state index contributed by atoms with van der Waals surface area (Å²) in [6, 6.07) is 5.29. The second-order valence-corrected chi connectivity index (χ2v) is 8.14. The molecular weight excluding hydrogens is 314 g/mol. The summed E-state index contributed by atoms with van der Waals surface area (Å²) in [4.78, 5) is -0.0460. The van der Waals surface area contributed by atoms with E-state index in [9.17, 15) is 18.6 Å². The Hall–Kier alpha value is -0.660. The summed E-state index contributed by atoms with van der Waals surface area (Å²) < 4.78 is 26.9. The highest BCUT2D eigenvalue weighted by Crippen LogP contribution is 2.24. The highest BCUT2D eigenvalue weighted by Gasteiger charge is 2.28. The molecule has 0 fully saturated rings. The first kappa shape index (κ1) is 18.4. The molecule has 0 bridgehead atoms. The molecule has 2 atom stereocenters. The first-order valence-electron chi connectivity index (χ1n) is 6.63. The third-order valence-electron chi connectivity index (χ3n) is 3.18. The van der Waals surface area contributed by atoms with Crippen molar-refractivity contribution in [1.29, 1.82) is 0 Å². The Balaban J connectivity index is 2.89. The van der Waals surface area contributed by atoms with Gasteiger partial charge < -0.3 is 10.2 Å². The summed E-state index contributed by atoms with van der Waals surface area (Å²) in [5.41, 5.74) is -0.400. The van der Waals surface area contributed by atoms with Crippen molar-refractivity contribution < 1.29 is 18.6 Å². The van der Waals surface area contributed by atoms with E-state index in [1.165, 1.54) is 12.1 Å². The molecule has 1 rings (SSSR count). The van der Waals surface area contributed by atoms with Gasteiger partial charge in [-0.15, -0.1) is 0 Å². The van der Waals surface area contributed by atoms with Crippen molar-refractivity contribution in [1.82, 2.24) is 4.72 Å². The number of aliphatic hydroxyl groups excluding tert-OH is 2. The topological polar surface area (TPSA) is 86.6 Å². The van der Waals surface area contributed by atoms with E-state index in [4.69, 9.17) is 11.6 Å². The highest BCUT2D eigenvalue weighted by atomic mass is 35.5. The molecule has 21 heavy (non-hydrogen) atoms. The molecule has 0 aromatic heterocycles. The maximum Gasteiger partial charge on any atom is 0.242 e. The minimum absolute atomic E-state index is 0.0460. The van der Waals surface area contributed by atoms with E-state index in [-0.39, 0.29) is 16.3 Å². The quantitative estimate of drug-likeness (QED) is 0.739. The van der Waals surface area contributed by atoms with Crippen molar-refractivity contribution >= 4 is 21.6 Å². The Morgan fingerprint density at radius 2 is 1.86 bits per heavy atom. The van der Waals surface area contributed by atoms with Gasteiger partial charge in [0, 0.05) is 6.04 Å². The molecule has 7 heteroatoms. The maximum absolute atomic E-state index is 12.3. The average molecular weight is 336 g/mol. The minimum Gasteiger partial charge on any atom is -0.395 e. The standard InChI is InChI=1S/C14H22ClNO4S/c1-14(2,3)13(18)8-10(9-17)16-21(19,20)12-7-5-4-6-11(12)15/h4-7,10,13,16-18H,8-9H2,1-3H3/t10-,13+/m0/s1. The van der Waals surface area contributed by atoms with Crippen molar-refractivity contribution in [2.75, 3.05) is 6.61 Å². The molecule has 0 aliphatic heterocycles. The molecule has 0 amide bonds. The summed E-state index contributed by atoms with van der Waals surface area (Å²) in [7, 11) is -3.85. The van der Waals surface area contributed by atoms with Crippen LogP contribution in [0.25, 0.3) is 0 Å². The van der Waals surface area contributed by atoms with E-state index in [0.29, 0.717) is 0 Å². The third-order valence-corrected chi connectivity index (χ3v) is 5.20. The van der Waals surface area contributed by atoms with Crippen molar-refractivity contribution in [3.63, 3.8) is 0 Å². The number of hydrogen-bond acceptors (Lipinski definition) is 4. The van der Waals surface area contributed by atoms with Gasteiger partial charge in [-0.3, -0.25) is 0 Å². The van der Waals surface area contributed by atoms with Gasteiger partial charge in [-0.25, -0.2) is 13.1 Å². The lowest BCUT2D eigenvalue weighted by Gasteiger charge is -2.29. The number of aliphatic hydroxyl groups is 2. The Morgan fingerprint density at radius 1 is 1.29 bits per heavy atom. The number of nitrogens with one attached hydrogen (secondary N) is 1. The van der Waals surface area contributed by atoms with E-state index in [1.54, 1.807) is 12.1 Å². The Bertz CT molecular complexity index is 569. The van der Waals surface area contributed by atoms with Crippen LogP contribution in [0.4, 0.5) is 0 Å². The molecule has 120 valence electrons. The van der Waals surface area contributed by atoms with E-state index in [2.05, 4.69) is 4.72 Å². The van der Waals surface area contributed by atoms with Crippen molar-refractivity contribution in [3.05, 3.63) is 29.3 Å². The van der Waals surface area contributed by atoms with Crippen LogP contribution in [0.15, 0.2) is 29.2 Å². The lowest BCUT2D eigenvalue weighted by atomic mass is 9.86. The van der Waals surface area contributed by atoms with Gasteiger partial charge in [0.1, 0.15) is 4.90 Å². The Labute approximate surface area is 131 Å². The largest absolute Gasteiger partial charge is 0.395 e. The van der Waals surface area contributed by atoms with Crippen molar-refractivity contribution in [3.8, 4) is 0 Å². The average Bonchev–Trinajstić information content (AvgIpc) is 2.36. The van der Waals surface area contributed by atoms with Crippen LogP contribution in [0.5, 0.6) is 0 Å². The number of sulfonamides is 1. The van der Waals surface area contributed by atoms with Crippen LogP contribution in [-0.2, 0) is 10.0 Å². The van der Waals surface area contributed by atoms with Gasteiger partial charge >= 0.3 is 0 Å². The molecule has 1 aromatic carbocycles. The Kier molecular flexibility index (Phi) is 6.19. The van der Waals surface area contributed by atoms with Gasteiger partial charge in [0.2, 0.25) is 10.0 Å². The van der Waals surface area contributed by atoms with Crippen LogP contribution in [0.1, 0.15) is 27.2 Å². The number of rotatable bonds is 6. The molecule has 0 radical (unpaired) electrons. The summed E-state index contributed by atoms with van der Waals surface area (Å²) in [6.45, 7) is 5.12. The number of halogens is 1. The number of hydrogen-bond donors (Lipinski definition) is 3. The molecule has 0 aliphatic rings. The lowest BCUT2D eigenvalue weighted by Crippen LogP contribution is -2.42. The molecule has 0 saturated heterocycles. The predicted octanol–water partition coefficient (Wildman–Crippen LogP) is 1.78. The third kappa shape index (κ3) is 5.23. The van der Waals surface area contributed by atoms with Gasteiger partial charge in [-0.2, -0.15) is 0 Å². The van der Waals surface area contributed by atoms with Crippen molar-refractivity contribution in [2.45, 2.75) is 44.2 Å². The van der Waals surface area contributed by atoms with Crippen LogP contribution in [-0.4, -0.2) is 37.4 Å². The van der Waals surface area contributed by atoms with Gasteiger partial charge in [0.05, 0.1) is 17.7 Å². The smallest absolute Gasteiger partial charge is 0.242 e. The molecule has 3 N–H and O–H groups in total. The second kappa shape index (κ2) is 7.07. The zero-order chi connectivity index (χ0) is 16.3. The minimum atomic E-state index is -3.85. The molecule has 1 aromatic rings. The summed E-state index contributed by atoms with van der Waals surface area (Å²) in [5.74, 6) is 0. The monoisotopic (exact) mass is 335 g/mol. The first-order chi connectivity index (χ1) is 9.58. The SMILES string of the molecule is CC(C)(C)[C@H](O)C[C@@H](CO)NS(=O)(=O)c1ccccc1Cl. The van der Waals surface area contributed by atoms with Gasteiger partial charge in [-0.1, -0.05) is 44.5 Å². The van der Waals surface area contributed by atoms with E-state index in [0.717, 1.165) is 0 Å². The first-order valence-corrected chi connectivity index (χ1v) is 8.50. The second-order valence-electron chi connectivity index (χ2n) is 6.05. The van der Waals surface area contributed by atoms with Gasteiger partial charge in [-0.05, 0) is 24.0 Å². The molecule has 0 saturated carbocycles. The normalized spacial score (nSPS) is 15.7. The zero-order valence-corrected chi connectivity index (χ0v) is 13.9. The summed E-state index contributed by atoms with van der Waals surface area (Å²) >= 11 is 5.88. The Morgan fingerprint density at radius 3 is 2.33 bits per heavy atom. The van der Waals surface area contributed by atoms with Gasteiger partial charge in [0.25, 0.3) is 0 Å².